The largest absolute Gasteiger partial charge is 0.547 e. The molecular formula is C20H39NO3Si. The van der Waals surface area contributed by atoms with E-state index in [0.29, 0.717) is 13.1 Å². The van der Waals surface area contributed by atoms with Gasteiger partial charge in [-0.3, -0.25) is 0 Å². The normalized spacial score (nSPS) is 13.4. The van der Waals surface area contributed by atoms with E-state index in [0.717, 1.165) is 18.6 Å². The Labute approximate surface area is 156 Å². The summed E-state index contributed by atoms with van der Waals surface area (Å²) in [5, 5.41) is 0.173. The van der Waals surface area contributed by atoms with Crippen molar-refractivity contribution >= 4 is 14.4 Å². The molecule has 0 saturated heterocycles. The highest BCUT2D eigenvalue weighted by atomic mass is 28.4. The zero-order valence-corrected chi connectivity index (χ0v) is 18.9. The van der Waals surface area contributed by atoms with Crippen molar-refractivity contribution in [1.29, 1.82) is 0 Å². The summed E-state index contributed by atoms with van der Waals surface area (Å²) in [6.45, 7) is 23.7. The Balaban J connectivity index is 4.70. The summed E-state index contributed by atoms with van der Waals surface area (Å²) in [6.07, 6.45) is 5.14. The van der Waals surface area contributed by atoms with Gasteiger partial charge in [-0.05, 0) is 52.2 Å². The van der Waals surface area contributed by atoms with Crippen LogP contribution in [0.1, 0.15) is 61.3 Å². The fourth-order valence-electron chi connectivity index (χ4n) is 1.92. The first-order valence-electron chi connectivity index (χ1n) is 9.16. The Bertz CT molecular complexity index is 470. The van der Waals surface area contributed by atoms with Crippen LogP contribution in [0.5, 0.6) is 0 Å². The van der Waals surface area contributed by atoms with Gasteiger partial charge < -0.3 is 14.1 Å². The molecule has 25 heavy (non-hydrogen) atoms. The molecule has 0 atom stereocenters. The van der Waals surface area contributed by atoms with E-state index in [2.05, 4.69) is 40.4 Å². The minimum absolute atomic E-state index is 0.173. The summed E-state index contributed by atoms with van der Waals surface area (Å²) < 4.78 is 11.8. The van der Waals surface area contributed by atoms with Gasteiger partial charge in [0.05, 0.1) is 5.76 Å². The summed E-state index contributed by atoms with van der Waals surface area (Å²) in [5.74, 6) is 1.02. The zero-order valence-electron chi connectivity index (χ0n) is 17.9. The van der Waals surface area contributed by atoms with Crippen LogP contribution in [0.3, 0.4) is 0 Å². The van der Waals surface area contributed by atoms with Gasteiger partial charge in [0, 0.05) is 19.5 Å². The minimum Gasteiger partial charge on any atom is -0.547 e. The Morgan fingerprint density at radius 3 is 2.12 bits per heavy atom. The summed E-state index contributed by atoms with van der Waals surface area (Å²) >= 11 is 0. The molecular weight excluding hydrogens is 330 g/mol. The summed E-state index contributed by atoms with van der Waals surface area (Å²) in [5.41, 5.74) is -0.490. The number of hydrogen-bond acceptors (Lipinski definition) is 3. The molecule has 5 heteroatoms. The average molecular weight is 370 g/mol. The first-order chi connectivity index (χ1) is 11.2. The number of allylic oxidation sites excluding steroid dienone is 2. The Morgan fingerprint density at radius 1 is 1.16 bits per heavy atom. The van der Waals surface area contributed by atoms with Gasteiger partial charge in [-0.1, -0.05) is 32.9 Å². The molecule has 0 unspecified atom stereocenters. The fourth-order valence-corrected chi connectivity index (χ4v) is 3.10. The molecule has 0 saturated carbocycles. The number of carbonyl (C=O) groups excluding carboxylic acids is 1. The van der Waals surface area contributed by atoms with Crippen LogP contribution in [0.2, 0.25) is 18.1 Å². The number of amides is 1. The van der Waals surface area contributed by atoms with Crippen LogP contribution in [0.4, 0.5) is 4.79 Å². The molecule has 0 fully saturated rings. The van der Waals surface area contributed by atoms with Crippen LogP contribution >= 0.6 is 0 Å². The molecule has 0 radical (unpaired) electrons. The second-order valence-corrected chi connectivity index (χ2v) is 13.7. The standard InChI is InChI=1S/C20H39NO3Si/c1-11-15-21(18(22)23-19(3,4)5)16-13-14-17(12-2)24-25(9,10)20(6,7)8/h11-12H,1,13-16H2,2-10H3/b17-12-. The minimum atomic E-state index is -1.82. The lowest BCUT2D eigenvalue weighted by Gasteiger charge is -2.37. The summed E-state index contributed by atoms with van der Waals surface area (Å²) in [4.78, 5) is 14.0. The molecule has 146 valence electrons. The van der Waals surface area contributed by atoms with E-state index in [1.54, 1.807) is 11.0 Å². The van der Waals surface area contributed by atoms with Gasteiger partial charge >= 0.3 is 6.09 Å². The number of nitrogens with zero attached hydrogens (tertiary/aromatic N) is 1. The number of hydrogen-bond donors (Lipinski definition) is 0. The average Bonchev–Trinajstić information content (AvgIpc) is 2.41. The van der Waals surface area contributed by atoms with E-state index in [9.17, 15) is 4.79 Å². The molecule has 4 nitrogen and oxygen atoms in total. The Hall–Kier alpha value is -1.23. The maximum absolute atomic E-state index is 12.3. The predicted molar refractivity (Wildman–Crippen MR) is 109 cm³/mol. The van der Waals surface area contributed by atoms with E-state index in [1.165, 1.54) is 0 Å². The first-order valence-corrected chi connectivity index (χ1v) is 12.1. The van der Waals surface area contributed by atoms with Crippen LogP contribution in [-0.2, 0) is 9.16 Å². The second-order valence-electron chi connectivity index (χ2n) is 8.94. The smallest absolute Gasteiger partial charge is 0.410 e. The van der Waals surface area contributed by atoms with Gasteiger partial charge in [-0.15, -0.1) is 6.58 Å². The van der Waals surface area contributed by atoms with E-state index in [4.69, 9.17) is 9.16 Å². The van der Waals surface area contributed by atoms with E-state index >= 15 is 0 Å². The van der Waals surface area contributed by atoms with Crippen molar-refractivity contribution in [2.75, 3.05) is 13.1 Å². The van der Waals surface area contributed by atoms with Crippen molar-refractivity contribution in [3.63, 3.8) is 0 Å². The topological polar surface area (TPSA) is 38.8 Å². The van der Waals surface area contributed by atoms with E-state index in [1.807, 2.05) is 33.8 Å². The van der Waals surface area contributed by atoms with Crippen LogP contribution in [-0.4, -0.2) is 38.0 Å². The van der Waals surface area contributed by atoms with Crippen molar-refractivity contribution in [2.45, 2.75) is 85.0 Å². The van der Waals surface area contributed by atoms with Crippen LogP contribution in [0, 0.1) is 0 Å². The molecule has 0 N–H and O–H groups in total. The lowest BCUT2D eigenvalue weighted by molar-refractivity contribution is 0.0269. The third-order valence-corrected chi connectivity index (χ3v) is 8.75. The third-order valence-electron chi connectivity index (χ3n) is 4.37. The molecule has 0 aliphatic heterocycles. The van der Waals surface area contributed by atoms with Gasteiger partial charge in [0.25, 0.3) is 0 Å². The van der Waals surface area contributed by atoms with Gasteiger partial charge in [-0.25, -0.2) is 4.79 Å². The lowest BCUT2D eigenvalue weighted by Crippen LogP contribution is -2.40. The number of rotatable bonds is 8. The highest BCUT2D eigenvalue weighted by Crippen LogP contribution is 2.38. The molecule has 0 aromatic carbocycles. The van der Waals surface area contributed by atoms with Gasteiger partial charge in [0.2, 0.25) is 8.32 Å². The SMILES string of the molecule is C=CCN(CCC/C(=C/C)O[Si](C)(C)C(C)(C)C)C(=O)OC(C)(C)C. The van der Waals surface area contributed by atoms with Crippen molar-refractivity contribution in [2.24, 2.45) is 0 Å². The molecule has 0 aliphatic carbocycles. The Kier molecular flexibility index (Phi) is 8.99. The molecule has 0 bridgehead atoms. The van der Waals surface area contributed by atoms with Gasteiger partial charge in [-0.2, -0.15) is 0 Å². The van der Waals surface area contributed by atoms with Crippen molar-refractivity contribution < 1.29 is 14.0 Å². The molecule has 0 aromatic heterocycles. The van der Waals surface area contributed by atoms with Crippen molar-refractivity contribution in [1.82, 2.24) is 4.90 Å². The zero-order chi connectivity index (χ0) is 19.9. The summed E-state index contributed by atoms with van der Waals surface area (Å²) in [7, 11) is -1.82. The molecule has 0 heterocycles. The van der Waals surface area contributed by atoms with Crippen LogP contribution in [0.25, 0.3) is 0 Å². The predicted octanol–water partition coefficient (Wildman–Crippen LogP) is 6.12. The van der Waals surface area contributed by atoms with Crippen molar-refractivity contribution in [3.8, 4) is 0 Å². The third kappa shape index (κ3) is 9.14. The molecule has 0 aromatic rings. The quantitative estimate of drug-likeness (QED) is 0.294. The highest BCUT2D eigenvalue weighted by molar-refractivity contribution is 6.74. The van der Waals surface area contributed by atoms with Crippen LogP contribution in [0.15, 0.2) is 24.5 Å². The van der Waals surface area contributed by atoms with Crippen LogP contribution < -0.4 is 0 Å². The second kappa shape index (κ2) is 9.46. The number of ether oxygens (including phenoxy) is 1. The fraction of sp³-hybridized carbons (Fsp3) is 0.750. The molecule has 0 aliphatic rings. The summed E-state index contributed by atoms with van der Waals surface area (Å²) in [6, 6.07) is 0. The van der Waals surface area contributed by atoms with E-state index < -0.39 is 13.9 Å². The van der Waals surface area contributed by atoms with Gasteiger partial charge in [0.15, 0.2) is 0 Å². The highest BCUT2D eigenvalue weighted by Gasteiger charge is 2.39. The van der Waals surface area contributed by atoms with Crippen molar-refractivity contribution in [3.05, 3.63) is 24.5 Å². The first kappa shape index (κ1) is 23.8. The number of carbonyl (C=O) groups is 1. The molecule has 1 amide bonds. The monoisotopic (exact) mass is 369 g/mol. The van der Waals surface area contributed by atoms with E-state index in [-0.39, 0.29) is 11.1 Å². The van der Waals surface area contributed by atoms with Gasteiger partial charge in [0.1, 0.15) is 5.60 Å². The maximum atomic E-state index is 12.3. The maximum Gasteiger partial charge on any atom is 0.410 e. The lowest BCUT2D eigenvalue weighted by atomic mass is 10.2. The Morgan fingerprint density at radius 2 is 1.72 bits per heavy atom. The molecule has 0 rings (SSSR count). The molecule has 0 spiro atoms.